The average molecular weight is 477 g/mol. The first-order chi connectivity index (χ1) is 11.8. The van der Waals surface area contributed by atoms with E-state index in [9.17, 15) is 0 Å². The Morgan fingerprint density at radius 2 is 2.36 bits per heavy atom. The molecule has 3 rings (SSSR count). The number of anilines is 1. The number of aromatic nitrogens is 4. The van der Waals surface area contributed by atoms with Gasteiger partial charge in [-0.1, -0.05) is 11.6 Å². The van der Waals surface area contributed by atoms with Crippen molar-refractivity contribution in [3.8, 4) is 0 Å². The molecule has 0 amide bonds. The zero-order chi connectivity index (χ0) is 16.8. The van der Waals surface area contributed by atoms with Crippen molar-refractivity contribution in [2.75, 3.05) is 31.6 Å². The van der Waals surface area contributed by atoms with Crippen LogP contribution in [0, 0.1) is 0 Å². The molecule has 10 heteroatoms. The van der Waals surface area contributed by atoms with Crippen LogP contribution in [-0.4, -0.2) is 58.4 Å². The van der Waals surface area contributed by atoms with Crippen molar-refractivity contribution in [2.45, 2.75) is 19.0 Å². The highest BCUT2D eigenvalue weighted by Crippen LogP contribution is 2.25. The summed E-state index contributed by atoms with van der Waals surface area (Å²) in [6, 6.07) is 4.02. The number of nitrogens with zero attached hydrogens (tertiary/aromatic N) is 6. The van der Waals surface area contributed by atoms with Gasteiger partial charge in [0.2, 0.25) is 0 Å². The minimum Gasteiger partial charge on any atom is -0.355 e. The summed E-state index contributed by atoms with van der Waals surface area (Å²) < 4.78 is 1.78. The van der Waals surface area contributed by atoms with E-state index in [1.807, 2.05) is 12.1 Å². The molecule has 136 valence electrons. The SMILES string of the molecule is CN=C(NCCn1cncn1)NC1CCN(c2ncccc2Cl)C1.I. The number of aliphatic imine (C=N–C) groups is 1. The van der Waals surface area contributed by atoms with Crippen LogP contribution in [0.4, 0.5) is 5.82 Å². The molecule has 2 N–H and O–H groups in total. The molecular weight excluding hydrogens is 455 g/mol. The summed E-state index contributed by atoms with van der Waals surface area (Å²) in [6.07, 6.45) is 6.01. The Morgan fingerprint density at radius 1 is 1.48 bits per heavy atom. The molecule has 1 saturated heterocycles. The fourth-order valence-electron chi connectivity index (χ4n) is 2.71. The molecule has 1 atom stereocenters. The first kappa shape index (κ1) is 19.7. The maximum atomic E-state index is 6.23. The molecule has 0 bridgehead atoms. The second-order valence-corrected chi connectivity index (χ2v) is 5.95. The van der Waals surface area contributed by atoms with E-state index >= 15 is 0 Å². The molecule has 25 heavy (non-hydrogen) atoms. The summed E-state index contributed by atoms with van der Waals surface area (Å²) in [6.45, 7) is 3.23. The fourth-order valence-corrected chi connectivity index (χ4v) is 2.95. The third kappa shape index (κ3) is 5.43. The molecule has 0 aliphatic carbocycles. The lowest BCUT2D eigenvalue weighted by Crippen LogP contribution is -2.45. The standard InChI is InChI=1S/C15H21ClN8.HI/c1-17-15(20-6-8-24-11-18-10-21-24)22-12-4-7-23(9-12)14-13(16)3-2-5-19-14;/h2-3,5,10-12H,4,6-9H2,1H3,(H2,17,20,22);1H. The molecule has 0 radical (unpaired) electrons. The van der Waals surface area contributed by atoms with Crippen molar-refractivity contribution in [3.63, 3.8) is 0 Å². The minimum atomic E-state index is 0. The van der Waals surface area contributed by atoms with Crippen LogP contribution in [-0.2, 0) is 6.54 Å². The summed E-state index contributed by atoms with van der Waals surface area (Å²) >= 11 is 6.23. The maximum absolute atomic E-state index is 6.23. The van der Waals surface area contributed by atoms with Crippen molar-refractivity contribution in [3.05, 3.63) is 36.0 Å². The summed E-state index contributed by atoms with van der Waals surface area (Å²) in [7, 11) is 1.77. The van der Waals surface area contributed by atoms with E-state index in [4.69, 9.17) is 11.6 Å². The monoisotopic (exact) mass is 476 g/mol. The van der Waals surface area contributed by atoms with Crippen molar-refractivity contribution >= 4 is 47.4 Å². The first-order valence-electron chi connectivity index (χ1n) is 7.91. The van der Waals surface area contributed by atoms with Gasteiger partial charge in [-0.25, -0.2) is 9.97 Å². The molecule has 1 aliphatic heterocycles. The number of nitrogens with one attached hydrogen (secondary N) is 2. The number of pyridine rings is 1. The number of hydrogen-bond donors (Lipinski definition) is 2. The van der Waals surface area contributed by atoms with Gasteiger partial charge < -0.3 is 15.5 Å². The summed E-state index contributed by atoms with van der Waals surface area (Å²) in [4.78, 5) is 14.8. The molecule has 0 aromatic carbocycles. The van der Waals surface area contributed by atoms with Crippen LogP contribution in [0.15, 0.2) is 36.0 Å². The molecule has 3 heterocycles. The molecule has 0 spiro atoms. The Balaban J connectivity index is 0.00000225. The van der Waals surface area contributed by atoms with Crippen LogP contribution in [0.25, 0.3) is 0 Å². The van der Waals surface area contributed by atoms with Gasteiger partial charge in [-0.05, 0) is 18.6 Å². The third-order valence-electron chi connectivity index (χ3n) is 3.89. The smallest absolute Gasteiger partial charge is 0.191 e. The minimum absolute atomic E-state index is 0. The van der Waals surface area contributed by atoms with Gasteiger partial charge in [-0.2, -0.15) is 5.10 Å². The van der Waals surface area contributed by atoms with Crippen LogP contribution in [0.3, 0.4) is 0 Å². The highest BCUT2D eigenvalue weighted by molar-refractivity contribution is 14.0. The van der Waals surface area contributed by atoms with E-state index in [1.165, 1.54) is 6.33 Å². The van der Waals surface area contributed by atoms with E-state index in [-0.39, 0.29) is 24.0 Å². The van der Waals surface area contributed by atoms with E-state index in [0.29, 0.717) is 11.1 Å². The molecule has 2 aromatic rings. The molecule has 0 saturated carbocycles. The number of halogens is 2. The molecule has 1 fully saturated rings. The number of guanidine groups is 1. The average Bonchev–Trinajstić information content (AvgIpc) is 3.26. The largest absolute Gasteiger partial charge is 0.355 e. The van der Waals surface area contributed by atoms with Gasteiger partial charge in [0.05, 0.1) is 11.6 Å². The maximum Gasteiger partial charge on any atom is 0.191 e. The zero-order valence-electron chi connectivity index (χ0n) is 14.0. The first-order valence-corrected chi connectivity index (χ1v) is 8.29. The topological polar surface area (TPSA) is 83.3 Å². The van der Waals surface area contributed by atoms with Gasteiger partial charge in [-0.3, -0.25) is 9.67 Å². The van der Waals surface area contributed by atoms with Crippen LogP contribution < -0.4 is 15.5 Å². The van der Waals surface area contributed by atoms with E-state index in [2.05, 4.69) is 35.6 Å². The van der Waals surface area contributed by atoms with Crippen LogP contribution in [0.5, 0.6) is 0 Å². The van der Waals surface area contributed by atoms with Crippen LogP contribution in [0.1, 0.15) is 6.42 Å². The van der Waals surface area contributed by atoms with Gasteiger partial charge in [0.15, 0.2) is 5.96 Å². The predicted octanol–water partition coefficient (Wildman–Crippen LogP) is 1.39. The predicted molar refractivity (Wildman–Crippen MR) is 110 cm³/mol. The molecule has 1 unspecified atom stereocenters. The van der Waals surface area contributed by atoms with Crippen LogP contribution >= 0.6 is 35.6 Å². The summed E-state index contributed by atoms with van der Waals surface area (Å²) in [5.74, 6) is 1.63. The Morgan fingerprint density at radius 3 is 3.08 bits per heavy atom. The normalized spacial score (nSPS) is 17.3. The lowest BCUT2D eigenvalue weighted by molar-refractivity contribution is 0.586. The van der Waals surface area contributed by atoms with Crippen molar-refractivity contribution in [2.24, 2.45) is 4.99 Å². The van der Waals surface area contributed by atoms with Gasteiger partial charge in [0.25, 0.3) is 0 Å². The van der Waals surface area contributed by atoms with Crippen LogP contribution in [0.2, 0.25) is 5.02 Å². The molecule has 8 nitrogen and oxygen atoms in total. The van der Waals surface area contributed by atoms with Crippen molar-refractivity contribution in [1.29, 1.82) is 0 Å². The Bertz CT molecular complexity index is 678. The van der Waals surface area contributed by atoms with Gasteiger partial charge in [0.1, 0.15) is 18.5 Å². The fraction of sp³-hybridized carbons (Fsp3) is 0.467. The second kappa shape index (κ2) is 9.76. The van der Waals surface area contributed by atoms with Gasteiger partial charge in [0, 0.05) is 38.9 Å². The lowest BCUT2D eigenvalue weighted by atomic mass is 10.3. The zero-order valence-corrected chi connectivity index (χ0v) is 17.1. The second-order valence-electron chi connectivity index (χ2n) is 5.54. The third-order valence-corrected chi connectivity index (χ3v) is 4.19. The molecule has 1 aliphatic rings. The van der Waals surface area contributed by atoms with E-state index < -0.39 is 0 Å². The molecule has 2 aromatic heterocycles. The lowest BCUT2D eigenvalue weighted by Gasteiger charge is -2.20. The summed E-state index contributed by atoms with van der Waals surface area (Å²) in [5.41, 5.74) is 0. The van der Waals surface area contributed by atoms with Gasteiger partial charge in [-0.15, -0.1) is 24.0 Å². The number of hydrogen-bond acceptors (Lipinski definition) is 5. The van der Waals surface area contributed by atoms with E-state index in [0.717, 1.165) is 44.4 Å². The molecular formula is C15H22ClIN8. The van der Waals surface area contributed by atoms with Gasteiger partial charge >= 0.3 is 0 Å². The summed E-state index contributed by atoms with van der Waals surface area (Å²) in [5, 5.41) is 11.5. The van der Waals surface area contributed by atoms with Crippen molar-refractivity contribution in [1.82, 2.24) is 30.4 Å². The van der Waals surface area contributed by atoms with E-state index in [1.54, 1.807) is 24.3 Å². The Hall–Kier alpha value is -1.62. The number of rotatable bonds is 5. The quantitative estimate of drug-likeness (QED) is 0.386. The highest BCUT2D eigenvalue weighted by Gasteiger charge is 2.25. The Labute approximate surface area is 169 Å². The highest BCUT2D eigenvalue weighted by atomic mass is 127. The Kier molecular flexibility index (Phi) is 7.69. The van der Waals surface area contributed by atoms with Crippen molar-refractivity contribution < 1.29 is 0 Å².